The van der Waals surface area contributed by atoms with Crippen molar-refractivity contribution in [2.45, 2.75) is 69.3 Å². The van der Waals surface area contributed by atoms with Gasteiger partial charge < -0.3 is 10.1 Å². The van der Waals surface area contributed by atoms with E-state index in [0.717, 1.165) is 0 Å². The number of carbonyl (C=O) groups excluding carboxylic acids is 2. The lowest BCUT2D eigenvalue weighted by molar-refractivity contribution is -0.0435. The zero-order chi connectivity index (χ0) is 22.6. The van der Waals surface area contributed by atoms with Gasteiger partial charge in [-0.15, -0.1) is 0 Å². The van der Waals surface area contributed by atoms with Crippen molar-refractivity contribution in [3.05, 3.63) is 29.8 Å². The van der Waals surface area contributed by atoms with E-state index in [1.54, 1.807) is 20.8 Å². The lowest BCUT2D eigenvalue weighted by Gasteiger charge is -2.28. The molecular weight excluding hydrogens is 416 g/mol. The fraction of sp³-hybridized carbons (Fsp3) is 0.619. The molecule has 1 amide bonds. The Kier molecular flexibility index (Phi) is 7.60. The van der Waals surface area contributed by atoms with Crippen LogP contribution in [0.3, 0.4) is 0 Å². The van der Waals surface area contributed by atoms with E-state index >= 15 is 0 Å². The summed E-state index contributed by atoms with van der Waals surface area (Å²) in [5.41, 5.74) is -0.428. The molecule has 30 heavy (non-hydrogen) atoms. The molecule has 168 valence electrons. The van der Waals surface area contributed by atoms with Gasteiger partial charge in [0.1, 0.15) is 5.60 Å². The van der Waals surface area contributed by atoms with Gasteiger partial charge in [-0.2, -0.15) is 0 Å². The number of rotatable bonds is 7. The molecule has 9 heteroatoms. The molecule has 2 rings (SSSR count). The second-order valence-corrected chi connectivity index (χ2v) is 10.7. The molecule has 0 heterocycles. The van der Waals surface area contributed by atoms with Crippen LogP contribution in [-0.2, 0) is 14.6 Å². The molecule has 1 aromatic carbocycles. The number of hydrogen-bond acceptors (Lipinski definition) is 5. The van der Waals surface area contributed by atoms with E-state index in [1.165, 1.54) is 24.3 Å². The molecule has 0 saturated heterocycles. The minimum absolute atomic E-state index is 0.00536. The SMILES string of the molecule is CC(C)(C)OC(=O)NCCC(=O)c1cccc(S(=O)(=O)CC2CCC(F)(F)CC2)c1. The molecule has 0 aliphatic heterocycles. The van der Waals surface area contributed by atoms with Crippen LogP contribution in [0.25, 0.3) is 0 Å². The molecule has 1 aliphatic rings. The minimum Gasteiger partial charge on any atom is -0.444 e. The maximum absolute atomic E-state index is 13.3. The summed E-state index contributed by atoms with van der Waals surface area (Å²) in [4.78, 5) is 24.0. The van der Waals surface area contributed by atoms with Crippen LogP contribution in [0.1, 0.15) is 63.2 Å². The molecule has 0 radical (unpaired) electrons. The van der Waals surface area contributed by atoms with Crippen LogP contribution >= 0.6 is 0 Å². The number of sulfone groups is 1. The summed E-state index contributed by atoms with van der Waals surface area (Å²) in [7, 11) is -3.69. The molecule has 0 spiro atoms. The minimum atomic E-state index is -3.69. The number of nitrogens with one attached hydrogen (secondary N) is 1. The Morgan fingerprint density at radius 3 is 2.43 bits per heavy atom. The summed E-state index contributed by atoms with van der Waals surface area (Å²) in [5, 5.41) is 2.48. The Morgan fingerprint density at radius 1 is 1.20 bits per heavy atom. The zero-order valence-electron chi connectivity index (χ0n) is 17.5. The van der Waals surface area contributed by atoms with Crippen molar-refractivity contribution in [3.8, 4) is 0 Å². The Hall–Kier alpha value is -2.03. The molecule has 0 aromatic heterocycles. The molecule has 0 unspecified atom stereocenters. The third-order valence-electron chi connectivity index (χ3n) is 4.83. The number of amides is 1. The zero-order valence-corrected chi connectivity index (χ0v) is 18.4. The van der Waals surface area contributed by atoms with Crippen molar-refractivity contribution in [1.29, 1.82) is 0 Å². The lowest BCUT2D eigenvalue weighted by atomic mass is 9.88. The van der Waals surface area contributed by atoms with Crippen LogP contribution in [-0.4, -0.2) is 44.1 Å². The van der Waals surface area contributed by atoms with E-state index in [-0.39, 0.29) is 66.6 Å². The van der Waals surface area contributed by atoms with Crippen LogP contribution in [0.2, 0.25) is 0 Å². The Balaban J connectivity index is 1.94. The number of benzene rings is 1. The van der Waals surface area contributed by atoms with E-state index < -0.39 is 27.5 Å². The van der Waals surface area contributed by atoms with Crippen LogP contribution in [0.15, 0.2) is 29.2 Å². The Bertz CT molecular complexity index is 868. The first-order valence-electron chi connectivity index (χ1n) is 9.98. The highest BCUT2D eigenvalue weighted by atomic mass is 32.2. The average Bonchev–Trinajstić information content (AvgIpc) is 2.62. The molecule has 1 saturated carbocycles. The number of alkyl halides is 2. The molecule has 1 aliphatic carbocycles. The predicted molar refractivity (Wildman–Crippen MR) is 109 cm³/mol. The maximum atomic E-state index is 13.3. The second-order valence-electron chi connectivity index (χ2n) is 8.71. The number of alkyl carbamates (subject to hydrolysis) is 1. The molecule has 1 aromatic rings. The third kappa shape index (κ3) is 7.66. The molecular formula is C21H29F2NO5S. The lowest BCUT2D eigenvalue weighted by Crippen LogP contribution is -2.33. The summed E-state index contributed by atoms with van der Waals surface area (Å²) in [6.07, 6.45) is -0.903. The number of Topliss-reactive ketones (excluding diaryl/α,β-unsaturated/α-hetero) is 1. The van der Waals surface area contributed by atoms with Crippen molar-refractivity contribution >= 4 is 21.7 Å². The normalized spacial score (nSPS) is 17.4. The van der Waals surface area contributed by atoms with E-state index in [4.69, 9.17) is 4.74 Å². The van der Waals surface area contributed by atoms with Crippen LogP contribution < -0.4 is 5.32 Å². The topological polar surface area (TPSA) is 89.5 Å². The van der Waals surface area contributed by atoms with E-state index in [9.17, 15) is 26.8 Å². The highest BCUT2D eigenvalue weighted by molar-refractivity contribution is 7.91. The van der Waals surface area contributed by atoms with E-state index in [0.29, 0.717) is 0 Å². The van der Waals surface area contributed by atoms with Gasteiger partial charge in [0.25, 0.3) is 0 Å². The number of ketones is 1. The van der Waals surface area contributed by atoms with Gasteiger partial charge in [-0.25, -0.2) is 22.0 Å². The highest BCUT2D eigenvalue weighted by Crippen LogP contribution is 2.37. The standard InChI is InChI=1S/C21H29F2NO5S/c1-20(2,3)29-19(26)24-12-9-18(25)16-5-4-6-17(13-16)30(27,28)14-15-7-10-21(22,23)11-8-15/h4-6,13,15H,7-12,14H2,1-3H3,(H,24,26). The smallest absolute Gasteiger partial charge is 0.407 e. The van der Waals surface area contributed by atoms with Gasteiger partial charge in [-0.3, -0.25) is 4.79 Å². The quantitative estimate of drug-likeness (QED) is 0.629. The summed E-state index contributed by atoms with van der Waals surface area (Å²) in [6, 6.07) is 5.71. The first-order valence-corrected chi connectivity index (χ1v) is 11.6. The van der Waals surface area contributed by atoms with Crippen LogP contribution in [0.5, 0.6) is 0 Å². The van der Waals surface area contributed by atoms with Gasteiger partial charge in [0, 0.05) is 31.4 Å². The Labute approximate surface area is 176 Å². The molecule has 0 atom stereocenters. The number of halogens is 2. The third-order valence-corrected chi connectivity index (χ3v) is 6.71. The summed E-state index contributed by atoms with van der Waals surface area (Å²) in [5.74, 6) is -3.55. The molecule has 1 fully saturated rings. The highest BCUT2D eigenvalue weighted by Gasteiger charge is 2.36. The van der Waals surface area contributed by atoms with Crippen molar-refractivity contribution < 1.29 is 31.5 Å². The predicted octanol–water partition coefficient (Wildman–Crippen LogP) is 4.38. The number of hydrogen-bond donors (Lipinski definition) is 1. The van der Waals surface area contributed by atoms with Crippen molar-refractivity contribution in [2.75, 3.05) is 12.3 Å². The molecule has 6 nitrogen and oxygen atoms in total. The van der Waals surface area contributed by atoms with Gasteiger partial charge in [0.05, 0.1) is 10.6 Å². The van der Waals surface area contributed by atoms with Gasteiger partial charge in [0.15, 0.2) is 15.6 Å². The second kappa shape index (κ2) is 9.41. The monoisotopic (exact) mass is 445 g/mol. The maximum Gasteiger partial charge on any atom is 0.407 e. The van der Waals surface area contributed by atoms with Crippen molar-refractivity contribution in [2.24, 2.45) is 5.92 Å². The van der Waals surface area contributed by atoms with Crippen molar-refractivity contribution in [1.82, 2.24) is 5.32 Å². The molecule has 1 N–H and O–H groups in total. The van der Waals surface area contributed by atoms with Crippen LogP contribution in [0, 0.1) is 5.92 Å². The average molecular weight is 446 g/mol. The first-order chi connectivity index (χ1) is 13.8. The van der Waals surface area contributed by atoms with Gasteiger partial charge >= 0.3 is 6.09 Å². The number of ether oxygens (including phenoxy) is 1. The fourth-order valence-corrected chi connectivity index (χ4v) is 5.01. The summed E-state index contributed by atoms with van der Waals surface area (Å²) < 4.78 is 57.1. The van der Waals surface area contributed by atoms with Crippen molar-refractivity contribution in [3.63, 3.8) is 0 Å². The van der Waals surface area contributed by atoms with Gasteiger partial charge in [0.2, 0.25) is 5.92 Å². The Morgan fingerprint density at radius 2 is 1.83 bits per heavy atom. The van der Waals surface area contributed by atoms with Crippen LogP contribution in [0.4, 0.5) is 13.6 Å². The first kappa shape index (κ1) is 24.2. The molecule has 0 bridgehead atoms. The largest absolute Gasteiger partial charge is 0.444 e. The van der Waals surface area contributed by atoms with Gasteiger partial charge in [-0.1, -0.05) is 12.1 Å². The summed E-state index contributed by atoms with van der Waals surface area (Å²) >= 11 is 0. The fourth-order valence-electron chi connectivity index (χ4n) is 3.27. The van der Waals surface area contributed by atoms with E-state index in [2.05, 4.69) is 5.32 Å². The summed E-state index contributed by atoms with van der Waals surface area (Å²) in [6.45, 7) is 5.23. The van der Waals surface area contributed by atoms with Gasteiger partial charge in [-0.05, 0) is 51.7 Å². The number of carbonyl (C=O) groups is 2. The van der Waals surface area contributed by atoms with E-state index in [1.807, 2.05) is 0 Å².